The number of hydrogen-bond donors (Lipinski definition) is 2. The fourth-order valence-electron chi connectivity index (χ4n) is 1.93. The molecular weight excluding hydrogens is 228 g/mol. The molecule has 1 rings (SSSR count). The Bertz CT molecular complexity index is 334. The van der Waals surface area contributed by atoms with E-state index in [4.69, 9.17) is 0 Å². The molecule has 0 saturated carbocycles. The highest BCUT2D eigenvalue weighted by Gasteiger charge is 2.22. The molecule has 2 atom stereocenters. The Balaban J connectivity index is 2.38. The number of sulfone groups is 1. The summed E-state index contributed by atoms with van der Waals surface area (Å²) in [6.07, 6.45) is 3.06. The molecule has 16 heavy (non-hydrogen) atoms. The van der Waals surface area contributed by atoms with E-state index < -0.39 is 9.84 Å². The molecule has 5 nitrogen and oxygen atoms in total. The molecule has 1 amide bonds. The lowest BCUT2D eigenvalue weighted by molar-refractivity contribution is -0.125. The smallest absolute Gasteiger partial charge is 0.224 e. The zero-order chi connectivity index (χ0) is 12.2. The van der Waals surface area contributed by atoms with Crippen molar-refractivity contribution in [2.75, 3.05) is 25.1 Å². The van der Waals surface area contributed by atoms with Gasteiger partial charge in [-0.2, -0.15) is 0 Å². The van der Waals surface area contributed by atoms with Crippen LogP contribution in [-0.4, -0.2) is 45.5 Å². The van der Waals surface area contributed by atoms with Crippen molar-refractivity contribution < 1.29 is 13.2 Å². The minimum absolute atomic E-state index is 0.00110. The van der Waals surface area contributed by atoms with E-state index in [9.17, 15) is 13.2 Å². The van der Waals surface area contributed by atoms with E-state index >= 15 is 0 Å². The Labute approximate surface area is 96.9 Å². The lowest BCUT2D eigenvalue weighted by Crippen LogP contribution is -2.45. The third kappa shape index (κ3) is 4.94. The van der Waals surface area contributed by atoms with Crippen LogP contribution >= 0.6 is 0 Å². The Hall–Kier alpha value is -0.620. The van der Waals surface area contributed by atoms with Crippen LogP contribution < -0.4 is 10.6 Å². The molecule has 1 heterocycles. The second-order valence-corrected chi connectivity index (χ2v) is 6.73. The van der Waals surface area contributed by atoms with Crippen molar-refractivity contribution in [2.24, 2.45) is 5.92 Å². The highest BCUT2D eigenvalue weighted by atomic mass is 32.2. The highest BCUT2D eigenvalue weighted by Crippen LogP contribution is 2.10. The first-order chi connectivity index (χ1) is 7.38. The summed E-state index contributed by atoms with van der Waals surface area (Å²) in [5.74, 6) is -0.0575. The molecule has 1 fully saturated rings. The number of rotatable bonds is 4. The number of piperidine rings is 1. The molecule has 0 aromatic carbocycles. The summed E-state index contributed by atoms with van der Waals surface area (Å²) in [6, 6.07) is -0.315. The van der Waals surface area contributed by atoms with Crippen molar-refractivity contribution >= 4 is 15.7 Å². The lowest BCUT2D eigenvalue weighted by Gasteiger charge is -2.23. The second kappa shape index (κ2) is 5.63. The minimum Gasteiger partial charge on any atom is -0.352 e. The molecule has 94 valence electrons. The van der Waals surface area contributed by atoms with Crippen LogP contribution in [0.15, 0.2) is 0 Å². The van der Waals surface area contributed by atoms with Gasteiger partial charge in [-0.05, 0) is 26.3 Å². The fourth-order valence-corrected chi connectivity index (χ4v) is 2.92. The number of nitrogens with one attached hydrogen (secondary N) is 2. The SMILES string of the molecule is CC(CS(C)(=O)=O)NC(=O)C1CCCNC1. The normalized spacial score (nSPS) is 23.8. The van der Waals surface area contributed by atoms with Gasteiger partial charge in [-0.15, -0.1) is 0 Å². The van der Waals surface area contributed by atoms with E-state index in [1.54, 1.807) is 6.92 Å². The number of carbonyl (C=O) groups excluding carboxylic acids is 1. The van der Waals surface area contributed by atoms with Gasteiger partial charge >= 0.3 is 0 Å². The molecule has 6 heteroatoms. The maximum Gasteiger partial charge on any atom is 0.224 e. The average molecular weight is 248 g/mol. The van der Waals surface area contributed by atoms with E-state index in [0.717, 1.165) is 19.4 Å². The van der Waals surface area contributed by atoms with Crippen LogP contribution in [0.25, 0.3) is 0 Å². The van der Waals surface area contributed by atoms with Crippen LogP contribution in [0.4, 0.5) is 0 Å². The van der Waals surface area contributed by atoms with Gasteiger partial charge in [0.2, 0.25) is 5.91 Å². The van der Waals surface area contributed by atoms with Crippen molar-refractivity contribution in [3.8, 4) is 0 Å². The quantitative estimate of drug-likeness (QED) is 0.705. The molecule has 2 N–H and O–H groups in total. The van der Waals surface area contributed by atoms with E-state index in [2.05, 4.69) is 10.6 Å². The first-order valence-electron chi connectivity index (χ1n) is 5.57. The largest absolute Gasteiger partial charge is 0.352 e. The van der Waals surface area contributed by atoms with E-state index in [1.807, 2.05) is 0 Å². The molecule has 0 aromatic heterocycles. The van der Waals surface area contributed by atoms with Gasteiger partial charge in [-0.3, -0.25) is 4.79 Å². The van der Waals surface area contributed by atoms with Gasteiger partial charge in [-0.1, -0.05) is 0 Å². The Morgan fingerprint density at radius 2 is 2.25 bits per heavy atom. The maximum atomic E-state index is 11.7. The van der Waals surface area contributed by atoms with Crippen molar-refractivity contribution in [3.63, 3.8) is 0 Å². The molecule has 1 aliphatic rings. The average Bonchev–Trinajstić information content (AvgIpc) is 2.16. The number of amides is 1. The predicted octanol–water partition coefficient (Wildman–Crippen LogP) is -0.465. The zero-order valence-corrected chi connectivity index (χ0v) is 10.6. The van der Waals surface area contributed by atoms with Crippen LogP contribution in [0, 0.1) is 5.92 Å². The summed E-state index contributed by atoms with van der Waals surface area (Å²) >= 11 is 0. The summed E-state index contributed by atoms with van der Waals surface area (Å²) in [6.45, 7) is 3.37. The highest BCUT2D eigenvalue weighted by molar-refractivity contribution is 7.90. The van der Waals surface area contributed by atoms with E-state index in [0.29, 0.717) is 6.54 Å². The maximum absolute atomic E-state index is 11.7. The summed E-state index contributed by atoms with van der Waals surface area (Å²) < 4.78 is 22.1. The Morgan fingerprint density at radius 1 is 1.56 bits per heavy atom. The van der Waals surface area contributed by atoms with Crippen molar-refractivity contribution in [3.05, 3.63) is 0 Å². The van der Waals surface area contributed by atoms with Gasteiger partial charge in [-0.25, -0.2) is 8.42 Å². The molecular formula is C10H20N2O3S. The van der Waals surface area contributed by atoms with Crippen molar-refractivity contribution in [1.29, 1.82) is 0 Å². The standard InChI is InChI=1S/C10H20N2O3S/c1-8(7-16(2,14)15)12-10(13)9-4-3-5-11-6-9/h8-9,11H,3-7H2,1-2H3,(H,12,13). The van der Waals surface area contributed by atoms with Crippen LogP contribution in [0.5, 0.6) is 0 Å². The fraction of sp³-hybridized carbons (Fsp3) is 0.900. The van der Waals surface area contributed by atoms with Gasteiger partial charge in [0.25, 0.3) is 0 Å². The third-order valence-electron chi connectivity index (χ3n) is 2.61. The molecule has 0 aromatic rings. The van der Waals surface area contributed by atoms with E-state index in [-0.39, 0.29) is 23.6 Å². The molecule has 1 saturated heterocycles. The Kier molecular flexibility index (Phi) is 4.73. The number of hydrogen-bond acceptors (Lipinski definition) is 4. The monoisotopic (exact) mass is 248 g/mol. The van der Waals surface area contributed by atoms with E-state index in [1.165, 1.54) is 6.26 Å². The molecule has 2 unspecified atom stereocenters. The summed E-state index contributed by atoms with van der Waals surface area (Å²) in [7, 11) is -3.03. The van der Waals surface area contributed by atoms with Crippen molar-refractivity contribution in [2.45, 2.75) is 25.8 Å². The van der Waals surface area contributed by atoms with Gasteiger partial charge in [0.15, 0.2) is 0 Å². The van der Waals surface area contributed by atoms with Gasteiger partial charge in [0.1, 0.15) is 9.84 Å². The second-order valence-electron chi connectivity index (χ2n) is 4.55. The lowest BCUT2D eigenvalue weighted by atomic mass is 9.98. The summed E-state index contributed by atoms with van der Waals surface area (Å²) in [5, 5.41) is 5.91. The zero-order valence-electron chi connectivity index (χ0n) is 9.82. The molecule has 0 aliphatic carbocycles. The predicted molar refractivity (Wildman–Crippen MR) is 62.9 cm³/mol. The van der Waals surface area contributed by atoms with Crippen LogP contribution in [0.3, 0.4) is 0 Å². The molecule has 1 aliphatic heterocycles. The number of carbonyl (C=O) groups is 1. The first-order valence-corrected chi connectivity index (χ1v) is 7.63. The Morgan fingerprint density at radius 3 is 2.75 bits per heavy atom. The van der Waals surface area contributed by atoms with Gasteiger partial charge in [0, 0.05) is 18.8 Å². The first kappa shape index (κ1) is 13.4. The third-order valence-corrected chi connectivity index (χ3v) is 3.71. The molecule has 0 bridgehead atoms. The van der Waals surface area contributed by atoms with Crippen LogP contribution in [0.2, 0.25) is 0 Å². The van der Waals surface area contributed by atoms with Gasteiger partial charge < -0.3 is 10.6 Å². The molecule has 0 spiro atoms. The van der Waals surface area contributed by atoms with Crippen LogP contribution in [-0.2, 0) is 14.6 Å². The summed E-state index contributed by atoms with van der Waals surface area (Å²) in [4.78, 5) is 11.7. The minimum atomic E-state index is -3.03. The van der Waals surface area contributed by atoms with Crippen LogP contribution in [0.1, 0.15) is 19.8 Å². The topological polar surface area (TPSA) is 75.3 Å². The molecule has 0 radical (unpaired) electrons. The van der Waals surface area contributed by atoms with Crippen molar-refractivity contribution in [1.82, 2.24) is 10.6 Å². The van der Waals surface area contributed by atoms with Gasteiger partial charge in [0.05, 0.1) is 11.7 Å². The summed E-state index contributed by atoms with van der Waals surface area (Å²) in [5.41, 5.74) is 0.